The van der Waals surface area contributed by atoms with Gasteiger partial charge in [-0.1, -0.05) is 55.5 Å². The lowest BCUT2D eigenvalue weighted by Crippen LogP contribution is -2.34. The number of ether oxygens (including phenoxy) is 1. The first-order valence-electron chi connectivity index (χ1n) is 11.1. The molecule has 1 fully saturated rings. The zero-order valence-corrected chi connectivity index (χ0v) is 19.3. The van der Waals surface area contributed by atoms with E-state index in [0.717, 1.165) is 49.0 Å². The number of hydrogen-bond acceptors (Lipinski definition) is 5. The maximum atomic E-state index is 6.02. The van der Waals surface area contributed by atoms with Gasteiger partial charge < -0.3 is 20.3 Å². The van der Waals surface area contributed by atoms with Crippen LogP contribution in [0.1, 0.15) is 38.3 Å². The molecule has 1 unspecified atom stereocenters. The summed E-state index contributed by atoms with van der Waals surface area (Å²) in [5.41, 5.74) is 1.15. The van der Waals surface area contributed by atoms with Crippen LogP contribution in [0.25, 0.3) is 0 Å². The van der Waals surface area contributed by atoms with Crippen LogP contribution in [0.15, 0.2) is 66.7 Å². The van der Waals surface area contributed by atoms with Gasteiger partial charge in [0.25, 0.3) is 0 Å². The van der Waals surface area contributed by atoms with Crippen molar-refractivity contribution in [1.29, 1.82) is 0 Å². The molecule has 1 atom stereocenters. The molecule has 3 aromatic rings. The molecule has 2 heterocycles. The molecule has 7 heteroatoms. The summed E-state index contributed by atoms with van der Waals surface area (Å²) >= 11 is 5.54. The Labute approximate surface area is 195 Å². The summed E-state index contributed by atoms with van der Waals surface area (Å²) in [5, 5.41) is 6.92. The van der Waals surface area contributed by atoms with Crippen molar-refractivity contribution in [2.75, 3.05) is 23.3 Å². The van der Waals surface area contributed by atoms with Crippen LogP contribution in [-0.2, 0) is 0 Å². The van der Waals surface area contributed by atoms with Gasteiger partial charge in [0.1, 0.15) is 11.6 Å². The molecule has 1 aliphatic heterocycles. The highest BCUT2D eigenvalue weighted by Crippen LogP contribution is 2.27. The van der Waals surface area contributed by atoms with E-state index in [9.17, 15) is 0 Å². The van der Waals surface area contributed by atoms with Crippen LogP contribution in [0.3, 0.4) is 0 Å². The van der Waals surface area contributed by atoms with E-state index in [2.05, 4.69) is 46.5 Å². The molecule has 0 amide bonds. The van der Waals surface area contributed by atoms with Crippen LogP contribution in [0, 0.1) is 5.92 Å². The maximum absolute atomic E-state index is 6.02. The maximum Gasteiger partial charge on any atom is 0.234 e. The SMILES string of the molecule is CC1CCN(c2cc(Oc3ccccc3)nc(NC(=S)NC(C)c3ccccc3)n2)CC1. The monoisotopic (exact) mass is 447 g/mol. The molecule has 4 rings (SSSR count). The second-order valence-electron chi connectivity index (χ2n) is 8.20. The molecule has 2 N–H and O–H groups in total. The van der Waals surface area contributed by atoms with E-state index < -0.39 is 0 Å². The van der Waals surface area contributed by atoms with Crippen molar-refractivity contribution >= 4 is 29.1 Å². The van der Waals surface area contributed by atoms with Gasteiger partial charge in [-0.25, -0.2) is 0 Å². The van der Waals surface area contributed by atoms with Gasteiger partial charge in [0.15, 0.2) is 5.11 Å². The van der Waals surface area contributed by atoms with Gasteiger partial charge in [-0.15, -0.1) is 0 Å². The molecule has 1 aliphatic rings. The van der Waals surface area contributed by atoms with E-state index >= 15 is 0 Å². The minimum absolute atomic E-state index is 0.0583. The van der Waals surface area contributed by atoms with E-state index in [0.29, 0.717) is 16.9 Å². The van der Waals surface area contributed by atoms with Crippen LogP contribution >= 0.6 is 12.2 Å². The first kappa shape index (κ1) is 22.0. The molecule has 0 spiro atoms. The van der Waals surface area contributed by atoms with Crippen molar-refractivity contribution in [2.45, 2.75) is 32.7 Å². The number of rotatable bonds is 6. The Morgan fingerprint density at radius 1 is 1.03 bits per heavy atom. The number of hydrogen-bond donors (Lipinski definition) is 2. The molecule has 0 bridgehead atoms. The zero-order chi connectivity index (χ0) is 22.3. The van der Waals surface area contributed by atoms with Gasteiger partial charge in [-0.3, -0.25) is 0 Å². The van der Waals surface area contributed by atoms with Crippen LogP contribution in [-0.4, -0.2) is 28.2 Å². The van der Waals surface area contributed by atoms with Gasteiger partial charge in [0, 0.05) is 19.2 Å². The largest absolute Gasteiger partial charge is 0.439 e. The fourth-order valence-corrected chi connectivity index (χ4v) is 3.96. The Hall–Kier alpha value is -3.19. The molecule has 1 saturated heterocycles. The number of aromatic nitrogens is 2. The third-order valence-electron chi connectivity index (χ3n) is 5.63. The molecule has 2 aromatic carbocycles. The lowest BCUT2D eigenvalue weighted by Gasteiger charge is -2.31. The Morgan fingerprint density at radius 3 is 2.38 bits per heavy atom. The second-order valence-corrected chi connectivity index (χ2v) is 8.61. The number of anilines is 2. The van der Waals surface area contributed by atoms with Crippen molar-refractivity contribution in [3.8, 4) is 11.6 Å². The Morgan fingerprint density at radius 2 is 1.69 bits per heavy atom. The van der Waals surface area contributed by atoms with E-state index in [4.69, 9.17) is 21.9 Å². The van der Waals surface area contributed by atoms with Gasteiger partial charge in [0.05, 0.1) is 6.04 Å². The lowest BCUT2D eigenvalue weighted by molar-refractivity contribution is 0.434. The summed E-state index contributed by atoms with van der Waals surface area (Å²) in [6, 6.07) is 21.8. The molecule has 1 aromatic heterocycles. The third-order valence-corrected chi connectivity index (χ3v) is 5.85. The number of thiocarbonyl (C=S) groups is 1. The summed E-state index contributed by atoms with van der Waals surface area (Å²) in [5.74, 6) is 3.22. The summed E-state index contributed by atoms with van der Waals surface area (Å²) < 4.78 is 6.02. The molecule has 0 radical (unpaired) electrons. The highest BCUT2D eigenvalue weighted by Gasteiger charge is 2.19. The summed E-state index contributed by atoms with van der Waals surface area (Å²) in [6.45, 7) is 6.30. The zero-order valence-electron chi connectivity index (χ0n) is 18.5. The Bertz CT molecular complexity index is 1020. The van der Waals surface area contributed by atoms with Crippen molar-refractivity contribution in [1.82, 2.24) is 15.3 Å². The van der Waals surface area contributed by atoms with Crippen molar-refractivity contribution < 1.29 is 4.74 Å². The van der Waals surface area contributed by atoms with Crippen LogP contribution in [0.2, 0.25) is 0 Å². The van der Waals surface area contributed by atoms with E-state index in [1.165, 1.54) is 0 Å². The summed E-state index contributed by atoms with van der Waals surface area (Å²) in [6.07, 6.45) is 2.30. The van der Waals surface area contributed by atoms with Gasteiger partial charge in [0.2, 0.25) is 11.8 Å². The minimum atomic E-state index is 0.0583. The Balaban J connectivity index is 1.52. The Kier molecular flexibility index (Phi) is 7.17. The number of para-hydroxylation sites is 1. The fraction of sp³-hybridized carbons (Fsp3) is 0.320. The van der Waals surface area contributed by atoms with Crippen molar-refractivity contribution in [3.05, 3.63) is 72.3 Å². The van der Waals surface area contributed by atoms with Gasteiger partial charge >= 0.3 is 0 Å². The normalized spacial score (nSPS) is 15.1. The first-order valence-corrected chi connectivity index (χ1v) is 11.5. The highest BCUT2D eigenvalue weighted by atomic mass is 32.1. The first-order chi connectivity index (χ1) is 15.6. The topological polar surface area (TPSA) is 62.3 Å². The van der Waals surface area contributed by atoms with Crippen molar-refractivity contribution in [2.24, 2.45) is 5.92 Å². The molecule has 32 heavy (non-hydrogen) atoms. The van der Waals surface area contributed by atoms with E-state index in [-0.39, 0.29) is 6.04 Å². The molecular formula is C25H29N5OS. The average Bonchev–Trinajstić information content (AvgIpc) is 2.80. The average molecular weight is 448 g/mol. The predicted octanol–water partition coefficient (Wildman–Crippen LogP) is 5.55. The van der Waals surface area contributed by atoms with E-state index in [1.54, 1.807) is 0 Å². The molecule has 6 nitrogen and oxygen atoms in total. The molecular weight excluding hydrogens is 418 g/mol. The second kappa shape index (κ2) is 10.4. The molecule has 0 saturated carbocycles. The smallest absolute Gasteiger partial charge is 0.234 e. The molecule has 166 valence electrons. The third kappa shape index (κ3) is 5.95. The van der Waals surface area contributed by atoms with Gasteiger partial charge in [-0.2, -0.15) is 9.97 Å². The number of benzene rings is 2. The fourth-order valence-electron chi connectivity index (χ4n) is 3.69. The van der Waals surface area contributed by atoms with Crippen LogP contribution in [0.4, 0.5) is 11.8 Å². The minimum Gasteiger partial charge on any atom is -0.439 e. The van der Waals surface area contributed by atoms with Crippen molar-refractivity contribution in [3.63, 3.8) is 0 Å². The van der Waals surface area contributed by atoms with Crippen LogP contribution < -0.4 is 20.3 Å². The number of nitrogens with one attached hydrogen (secondary N) is 2. The quantitative estimate of drug-likeness (QED) is 0.480. The van der Waals surface area contributed by atoms with Crippen LogP contribution in [0.5, 0.6) is 11.6 Å². The lowest BCUT2D eigenvalue weighted by atomic mass is 9.99. The summed E-state index contributed by atoms with van der Waals surface area (Å²) in [7, 11) is 0. The van der Waals surface area contributed by atoms with Gasteiger partial charge in [-0.05, 0) is 55.6 Å². The standard InChI is InChI=1S/C25H29N5OS/c1-18-13-15-30(16-14-18)22-17-23(31-21-11-7-4-8-12-21)28-24(27-22)29-25(32)26-19(2)20-9-5-3-6-10-20/h3-12,17-19H,13-16H2,1-2H3,(H2,26,27,28,29,32). The highest BCUT2D eigenvalue weighted by molar-refractivity contribution is 7.80. The van der Waals surface area contributed by atoms with E-state index in [1.807, 2.05) is 54.6 Å². The molecule has 0 aliphatic carbocycles. The summed E-state index contributed by atoms with van der Waals surface area (Å²) in [4.78, 5) is 11.6. The predicted molar refractivity (Wildman–Crippen MR) is 133 cm³/mol. The number of piperidine rings is 1. The number of nitrogens with zero attached hydrogens (tertiary/aromatic N) is 3.